The molecule has 0 aliphatic heterocycles. The first-order valence-electron chi connectivity index (χ1n) is 6.21. The van der Waals surface area contributed by atoms with Crippen LogP contribution >= 0.6 is 0 Å². The molecule has 2 aromatic rings. The van der Waals surface area contributed by atoms with Gasteiger partial charge in [0.05, 0.1) is 6.10 Å². The number of hydrogen-bond acceptors (Lipinski definition) is 1. The summed E-state index contributed by atoms with van der Waals surface area (Å²) >= 11 is 0. The average Bonchev–Trinajstić information content (AvgIpc) is 2.38. The molecule has 0 unspecified atom stereocenters. The molecule has 1 aliphatic rings. The number of hydrogen-bond donors (Lipinski definition) is 1. The van der Waals surface area contributed by atoms with Crippen molar-refractivity contribution in [2.24, 2.45) is 0 Å². The quantitative estimate of drug-likeness (QED) is 0.781. The van der Waals surface area contributed by atoms with E-state index in [1.165, 1.54) is 21.9 Å². The summed E-state index contributed by atoms with van der Waals surface area (Å²) in [7, 11) is 0. The van der Waals surface area contributed by atoms with Crippen LogP contribution < -0.4 is 0 Å². The highest BCUT2D eigenvalue weighted by Gasteiger charge is 2.12. The molecule has 0 spiro atoms. The van der Waals surface area contributed by atoms with Crippen LogP contribution in [0.5, 0.6) is 0 Å². The Hall–Kier alpha value is -1.60. The van der Waals surface area contributed by atoms with Gasteiger partial charge >= 0.3 is 0 Å². The fraction of sp³-hybridized carbons (Fsp3) is 0.250. The number of allylic oxidation sites excluding steroid dienone is 1. The molecule has 0 radical (unpaired) electrons. The Balaban J connectivity index is 2.06. The highest BCUT2D eigenvalue weighted by molar-refractivity contribution is 5.86. The molecule has 1 nitrogen and oxygen atoms in total. The van der Waals surface area contributed by atoms with E-state index in [0.717, 1.165) is 19.3 Å². The first kappa shape index (κ1) is 10.5. The molecule has 0 fully saturated rings. The molecule has 0 saturated heterocycles. The Morgan fingerprint density at radius 1 is 1.00 bits per heavy atom. The van der Waals surface area contributed by atoms with E-state index in [1.807, 2.05) is 6.08 Å². The molecule has 0 saturated carbocycles. The monoisotopic (exact) mass is 224 g/mol. The zero-order valence-electron chi connectivity index (χ0n) is 9.76. The van der Waals surface area contributed by atoms with Crippen LogP contribution in [0.3, 0.4) is 0 Å². The molecular weight excluding hydrogens is 208 g/mol. The Morgan fingerprint density at radius 3 is 2.65 bits per heavy atom. The van der Waals surface area contributed by atoms with Gasteiger partial charge in [-0.25, -0.2) is 0 Å². The molecule has 0 amide bonds. The molecule has 1 aliphatic carbocycles. The summed E-state index contributed by atoms with van der Waals surface area (Å²) in [6, 6.07) is 14.9. The van der Waals surface area contributed by atoms with Gasteiger partial charge in [-0.2, -0.15) is 0 Å². The predicted molar refractivity (Wildman–Crippen MR) is 71.8 cm³/mol. The SMILES string of the molecule is O[C@@H]1C=C(c2ccc3ccccc3c2)CCC1. The summed E-state index contributed by atoms with van der Waals surface area (Å²) in [5, 5.41) is 12.2. The third-order valence-electron chi connectivity index (χ3n) is 3.46. The predicted octanol–water partition coefficient (Wildman–Crippen LogP) is 3.77. The van der Waals surface area contributed by atoms with Gasteiger partial charge in [-0.1, -0.05) is 42.5 Å². The van der Waals surface area contributed by atoms with E-state index in [-0.39, 0.29) is 6.10 Å². The Labute approximate surface area is 101 Å². The fourth-order valence-corrected chi connectivity index (χ4v) is 2.53. The van der Waals surface area contributed by atoms with E-state index < -0.39 is 0 Å². The third kappa shape index (κ3) is 2.11. The molecule has 2 aromatic carbocycles. The van der Waals surface area contributed by atoms with Gasteiger partial charge in [0, 0.05) is 0 Å². The minimum atomic E-state index is -0.259. The number of aliphatic hydroxyl groups is 1. The lowest BCUT2D eigenvalue weighted by Gasteiger charge is -2.17. The topological polar surface area (TPSA) is 20.2 Å². The van der Waals surface area contributed by atoms with Gasteiger partial charge in [0.15, 0.2) is 0 Å². The van der Waals surface area contributed by atoms with E-state index in [9.17, 15) is 5.11 Å². The maximum atomic E-state index is 9.68. The summed E-state index contributed by atoms with van der Waals surface area (Å²) in [6.45, 7) is 0. The Bertz CT molecular complexity index is 569. The van der Waals surface area contributed by atoms with Crippen molar-refractivity contribution in [1.82, 2.24) is 0 Å². The molecule has 1 N–H and O–H groups in total. The van der Waals surface area contributed by atoms with E-state index in [1.54, 1.807) is 0 Å². The van der Waals surface area contributed by atoms with Crippen molar-refractivity contribution in [2.45, 2.75) is 25.4 Å². The van der Waals surface area contributed by atoms with Gasteiger partial charge in [-0.05, 0) is 47.2 Å². The fourth-order valence-electron chi connectivity index (χ4n) is 2.53. The van der Waals surface area contributed by atoms with Gasteiger partial charge < -0.3 is 5.11 Å². The molecule has 0 bridgehead atoms. The van der Waals surface area contributed by atoms with E-state index in [4.69, 9.17) is 0 Å². The molecular formula is C16H16O. The molecule has 86 valence electrons. The number of rotatable bonds is 1. The molecule has 17 heavy (non-hydrogen) atoms. The number of fused-ring (bicyclic) bond motifs is 1. The molecule has 0 heterocycles. The lowest BCUT2D eigenvalue weighted by atomic mass is 9.91. The summed E-state index contributed by atoms with van der Waals surface area (Å²) in [5.41, 5.74) is 2.54. The van der Waals surface area contributed by atoms with Crippen molar-refractivity contribution in [3.63, 3.8) is 0 Å². The zero-order chi connectivity index (χ0) is 11.7. The van der Waals surface area contributed by atoms with Gasteiger partial charge in [-0.3, -0.25) is 0 Å². The smallest absolute Gasteiger partial charge is 0.0726 e. The van der Waals surface area contributed by atoms with E-state index in [2.05, 4.69) is 42.5 Å². The van der Waals surface area contributed by atoms with Crippen LogP contribution in [0.1, 0.15) is 24.8 Å². The molecule has 3 rings (SSSR count). The summed E-state index contributed by atoms with van der Waals surface area (Å²) in [5.74, 6) is 0. The van der Waals surface area contributed by atoms with Gasteiger partial charge in [-0.15, -0.1) is 0 Å². The summed E-state index contributed by atoms with van der Waals surface area (Å²) in [4.78, 5) is 0. The standard InChI is InChI=1S/C16H16O/c17-16-7-3-6-14(11-16)15-9-8-12-4-1-2-5-13(12)10-15/h1-2,4-5,8-11,16-17H,3,6-7H2/t16-/m0/s1. The second-order valence-corrected chi connectivity index (χ2v) is 4.71. The first-order chi connectivity index (χ1) is 8.33. The van der Waals surface area contributed by atoms with Crippen molar-refractivity contribution in [2.75, 3.05) is 0 Å². The molecule has 1 heteroatoms. The number of aliphatic hydroxyl groups excluding tert-OH is 1. The second kappa shape index (κ2) is 4.34. The van der Waals surface area contributed by atoms with Crippen molar-refractivity contribution >= 4 is 16.3 Å². The first-order valence-corrected chi connectivity index (χ1v) is 6.21. The Kier molecular flexibility index (Phi) is 2.69. The van der Waals surface area contributed by atoms with Crippen LogP contribution in [0, 0.1) is 0 Å². The van der Waals surface area contributed by atoms with Crippen LogP contribution in [-0.2, 0) is 0 Å². The maximum Gasteiger partial charge on any atom is 0.0726 e. The highest BCUT2D eigenvalue weighted by Crippen LogP contribution is 2.28. The summed E-state index contributed by atoms with van der Waals surface area (Å²) < 4.78 is 0. The van der Waals surface area contributed by atoms with Crippen LogP contribution in [0.4, 0.5) is 0 Å². The highest BCUT2D eigenvalue weighted by atomic mass is 16.3. The largest absolute Gasteiger partial charge is 0.389 e. The zero-order valence-corrected chi connectivity index (χ0v) is 9.76. The average molecular weight is 224 g/mol. The van der Waals surface area contributed by atoms with Crippen LogP contribution in [0.25, 0.3) is 16.3 Å². The minimum Gasteiger partial charge on any atom is -0.389 e. The van der Waals surface area contributed by atoms with Crippen molar-refractivity contribution in [1.29, 1.82) is 0 Å². The molecule has 0 aromatic heterocycles. The second-order valence-electron chi connectivity index (χ2n) is 4.71. The van der Waals surface area contributed by atoms with Crippen LogP contribution in [0.2, 0.25) is 0 Å². The lowest BCUT2D eigenvalue weighted by Crippen LogP contribution is -2.08. The van der Waals surface area contributed by atoms with Crippen LogP contribution in [-0.4, -0.2) is 11.2 Å². The summed E-state index contributed by atoms with van der Waals surface area (Å²) in [6.07, 6.45) is 4.81. The van der Waals surface area contributed by atoms with E-state index >= 15 is 0 Å². The van der Waals surface area contributed by atoms with Gasteiger partial charge in [0.2, 0.25) is 0 Å². The van der Waals surface area contributed by atoms with Crippen molar-refractivity contribution in [3.8, 4) is 0 Å². The Morgan fingerprint density at radius 2 is 1.82 bits per heavy atom. The number of benzene rings is 2. The van der Waals surface area contributed by atoms with Gasteiger partial charge in [0.1, 0.15) is 0 Å². The maximum absolute atomic E-state index is 9.68. The van der Waals surface area contributed by atoms with Crippen molar-refractivity contribution < 1.29 is 5.11 Å². The molecule has 1 atom stereocenters. The van der Waals surface area contributed by atoms with Crippen LogP contribution in [0.15, 0.2) is 48.5 Å². The normalized spacial score (nSPS) is 20.3. The third-order valence-corrected chi connectivity index (χ3v) is 3.46. The lowest BCUT2D eigenvalue weighted by molar-refractivity contribution is 0.206. The minimum absolute atomic E-state index is 0.259. The van der Waals surface area contributed by atoms with E-state index in [0.29, 0.717) is 0 Å². The van der Waals surface area contributed by atoms with Crippen molar-refractivity contribution in [3.05, 3.63) is 54.1 Å². The van der Waals surface area contributed by atoms with Gasteiger partial charge in [0.25, 0.3) is 0 Å².